The summed E-state index contributed by atoms with van der Waals surface area (Å²) in [5.41, 5.74) is 10.5. The number of anilines is 1. The molecule has 0 aliphatic rings. The maximum Gasteiger partial charge on any atom is 0.431 e. The fourth-order valence-corrected chi connectivity index (χ4v) is 4.53. The van der Waals surface area contributed by atoms with E-state index in [1.807, 2.05) is 0 Å². The molecule has 2 aromatic heterocycles. The summed E-state index contributed by atoms with van der Waals surface area (Å²) < 4.78 is 48.1. The number of nitrogen functional groups attached to an aromatic ring is 1. The highest BCUT2D eigenvalue weighted by Gasteiger charge is 2.36. The highest BCUT2D eigenvalue weighted by atomic mass is 79.9. The Kier molecular flexibility index (Phi) is 5.13. The number of aryl methyl sites for hydroxylation is 1. The zero-order chi connectivity index (χ0) is 22.7. The Morgan fingerprint density at radius 2 is 1.83 bits per heavy atom. The lowest BCUT2D eigenvalue weighted by atomic mass is 10.1. The number of hydrogen-bond acceptors (Lipinski definition) is 4. The van der Waals surface area contributed by atoms with Gasteiger partial charge in [0.1, 0.15) is 22.8 Å². The third kappa shape index (κ3) is 3.04. The lowest BCUT2D eigenvalue weighted by Crippen LogP contribution is -2.27. The maximum atomic E-state index is 13.5. The van der Waals surface area contributed by atoms with Crippen LogP contribution in [0, 0.1) is 13.8 Å². The minimum Gasteiger partial charge on any atom is -0.495 e. The van der Waals surface area contributed by atoms with Gasteiger partial charge in [0.2, 0.25) is 0 Å². The molecular weight excluding hydrogens is 469 g/mol. The number of primary amides is 1. The summed E-state index contributed by atoms with van der Waals surface area (Å²) >= 11 is 3.39. The van der Waals surface area contributed by atoms with Gasteiger partial charge in [-0.3, -0.25) is 14.2 Å². The van der Waals surface area contributed by atoms with E-state index < -0.39 is 23.3 Å². The molecule has 0 saturated carbocycles. The Morgan fingerprint density at radius 1 is 1.23 bits per heavy atom. The number of aromatic nitrogens is 2. The average Bonchev–Trinajstić information content (AvgIpc) is 2.90. The van der Waals surface area contributed by atoms with Crippen molar-refractivity contribution in [1.29, 1.82) is 0 Å². The minimum absolute atomic E-state index is 0.188. The summed E-state index contributed by atoms with van der Waals surface area (Å²) in [5, 5.41) is -0.267. The van der Waals surface area contributed by atoms with Crippen LogP contribution in [0.2, 0.25) is 0 Å². The Balaban J connectivity index is 2.63. The van der Waals surface area contributed by atoms with Crippen molar-refractivity contribution >= 4 is 38.6 Å². The summed E-state index contributed by atoms with van der Waals surface area (Å²) in [6.07, 6.45) is -4.82. The summed E-state index contributed by atoms with van der Waals surface area (Å²) in [6.45, 7) is 3.44. The first-order chi connectivity index (χ1) is 13.8. The van der Waals surface area contributed by atoms with E-state index in [1.165, 1.54) is 11.7 Å². The number of pyridine rings is 1. The number of alkyl halides is 3. The van der Waals surface area contributed by atoms with Gasteiger partial charge in [-0.2, -0.15) is 13.2 Å². The molecule has 0 aliphatic heterocycles. The van der Waals surface area contributed by atoms with E-state index in [0.717, 1.165) is 7.05 Å². The minimum atomic E-state index is -4.82. The number of carbonyl (C=O) groups is 1. The molecule has 0 unspecified atom stereocenters. The van der Waals surface area contributed by atoms with Gasteiger partial charge in [-0.1, -0.05) is 0 Å². The van der Waals surface area contributed by atoms with Gasteiger partial charge in [0.05, 0.1) is 22.8 Å². The maximum absolute atomic E-state index is 13.5. The number of nitrogens with two attached hydrogens (primary N) is 2. The van der Waals surface area contributed by atoms with Crippen LogP contribution < -0.4 is 21.8 Å². The molecule has 0 aliphatic carbocycles. The molecule has 3 aromatic rings. The number of amides is 1. The molecule has 0 radical (unpaired) electrons. The number of methoxy groups -OCH3 is 1. The number of rotatable bonds is 3. The number of fused-ring (bicyclic) bond motifs is 1. The van der Waals surface area contributed by atoms with E-state index in [4.69, 9.17) is 16.2 Å². The van der Waals surface area contributed by atoms with Crippen molar-refractivity contribution in [1.82, 2.24) is 9.13 Å². The van der Waals surface area contributed by atoms with Crippen molar-refractivity contribution in [2.75, 3.05) is 12.8 Å². The predicted octanol–water partition coefficient (Wildman–Crippen LogP) is 3.42. The molecule has 0 atom stereocenters. The fraction of sp³-hybridized carbons (Fsp3) is 0.263. The molecular formula is C19H18BrF3N4O3. The van der Waals surface area contributed by atoms with Gasteiger partial charge in [0.25, 0.3) is 11.5 Å². The van der Waals surface area contributed by atoms with Crippen molar-refractivity contribution in [3.8, 4) is 11.4 Å². The van der Waals surface area contributed by atoms with Crippen molar-refractivity contribution in [2.24, 2.45) is 12.8 Å². The summed E-state index contributed by atoms with van der Waals surface area (Å²) in [7, 11) is 2.46. The SMILES string of the molecule is COc1c(Br)cc(C)c(-n2c(N)c(C(N)=O)c3cc(C(F)(F)F)n(C)c(=O)c32)c1C. The third-order valence-electron chi connectivity index (χ3n) is 4.99. The molecule has 0 fully saturated rings. The molecule has 0 spiro atoms. The van der Waals surface area contributed by atoms with Crippen LogP contribution in [0.15, 0.2) is 21.4 Å². The van der Waals surface area contributed by atoms with Gasteiger partial charge in [-0.15, -0.1) is 0 Å². The quantitative estimate of drug-likeness (QED) is 0.591. The second-order valence-corrected chi connectivity index (χ2v) is 7.65. The molecule has 7 nitrogen and oxygen atoms in total. The van der Waals surface area contributed by atoms with Crippen molar-refractivity contribution in [3.05, 3.63) is 49.3 Å². The molecule has 3 rings (SSSR count). The largest absolute Gasteiger partial charge is 0.495 e. The van der Waals surface area contributed by atoms with Crippen LogP contribution in [0.3, 0.4) is 0 Å². The van der Waals surface area contributed by atoms with Gasteiger partial charge >= 0.3 is 6.18 Å². The Labute approximate surface area is 177 Å². The molecule has 1 amide bonds. The predicted molar refractivity (Wildman–Crippen MR) is 110 cm³/mol. The lowest BCUT2D eigenvalue weighted by Gasteiger charge is -2.19. The Morgan fingerprint density at radius 3 is 2.33 bits per heavy atom. The number of ether oxygens (including phenoxy) is 1. The highest BCUT2D eigenvalue weighted by molar-refractivity contribution is 9.10. The van der Waals surface area contributed by atoms with E-state index in [9.17, 15) is 22.8 Å². The smallest absolute Gasteiger partial charge is 0.431 e. The standard InChI is InChI=1S/C19H18BrF3N4O3/c1-7-5-10(20)15(30-4)8(2)13(7)27-14-9(12(16(27)24)17(25)28)6-11(19(21,22)23)26(3)18(14)29/h5-6H,24H2,1-4H3,(H2,25,28). The highest BCUT2D eigenvalue weighted by Crippen LogP contribution is 2.40. The molecule has 30 heavy (non-hydrogen) atoms. The van der Waals surface area contributed by atoms with Crippen molar-refractivity contribution < 1.29 is 22.7 Å². The van der Waals surface area contributed by atoms with Gasteiger partial charge in [0, 0.05) is 18.0 Å². The van der Waals surface area contributed by atoms with Gasteiger partial charge in [-0.05, 0) is 47.5 Å². The normalized spacial score (nSPS) is 11.9. The summed E-state index contributed by atoms with van der Waals surface area (Å²) in [6, 6.07) is 2.43. The zero-order valence-corrected chi connectivity index (χ0v) is 18.0. The Hall–Kier alpha value is -2.95. The summed E-state index contributed by atoms with van der Waals surface area (Å²) in [4.78, 5) is 25.1. The second-order valence-electron chi connectivity index (χ2n) is 6.80. The zero-order valence-electron chi connectivity index (χ0n) is 16.4. The molecule has 11 heteroatoms. The lowest BCUT2D eigenvalue weighted by molar-refractivity contribution is -0.143. The molecule has 0 bridgehead atoms. The van der Waals surface area contributed by atoms with Crippen LogP contribution in [0.25, 0.3) is 16.6 Å². The second kappa shape index (κ2) is 7.08. The first-order valence-electron chi connectivity index (χ1n) is 8.57. The molecule has 1 aromatic carbocycles. The van der Waals surface area contributed by atoms with Crippen LogP contribution in [0.1, 0.15) is 27.2 Å². The molecule has 2 heterocycles. The van der Waals surface area contributed by atoms with Crippen LogP contribution in [0.5, 0.6) is 5.75 Å². The fourth-order valence-electron chi connectivity index (χ4n) is 3.73. The van der Waals surface area contributed by atoms with Crippen LogP contribution in [-0.2, 0) is 13.2 Å². The van der Waals surface area contributed by atoms with E-state index in [2.05, 4.69) is 15.9 Å². The number of halogens is 4. The summed E-state index contributed by atoms with van der Waals surface area (Å²) in [5.74, 6) is -0.831. The van der Waals surface area contributed by atoms with Gasteiger partial charge in [0.15, 0.2) is 0 Å². The van der Waals surface area contributed by atoms with E-state index >= 15 is 0 Å². The van der Waals surface area contributed by atoms with Gasteiger partial charge in [-0.25, -0.2) is 0 Å². The molecule has 160 valence electrons. The van der Waals surface area contributed by atoms with Crippen LogP contribution >= 0.6 is 15.9 Å². The monoisotopic (exact) mass is 486 g/mol. The average molecular weight is 487 g/mol. The third-order valence-corrected chi connectivity index (χ3v) is 5.58. The number of hydrogen-bond donors (Lipinski definition) is 2. The topological polar surface area (TPSA) is 105 Å². The van der Waals surface area contributed by atoms with Crippen LogP contribution in [-0.4, -0.2) is 22.2 Å². The van der Waals surface area contributed by atoms with Gasteiger partial charge < -0.3 is 20.8 Å². The van der Waals surface area contributed by atoms with Crippen molar-refractivity contribution in [3.63, 3.8) is 0 Å². The molecule has 4 N–H and O–H groups in total. The number of carbonyl (C=O) groups excluding carboxylic acids is 1. The number of benzene rings is 1. The van der Waals surface area contributed by atoms with E-state index in [1.54, 1.807) is 19.9 Å². The van der Waals surface area contributed by atoms with Crippen LogP contribution in [0.4, 0.5) is 19.0 Å². The first kappa shape index (κ1) is 21.8. The van der Waals surface area contributed by atoms with E-state index in [-0.39, 0.29) is 22.3 Å². The van der Waals surface area contributed by atoms with E-state index in [0.29, 0.717) is 37.7 Å². The van der Waals surface area contributed by atoms with Crippen molar-refractivity contribution in [2.45, 2.75) is 20.0 Å². The Bertz CT molecular complexity index is 1280. The first-order valence-corrected chi connectivity index (χ1v) is 9.37. The number of nitrogens with zero attached hydrogens (tertiary/aromatic N) is 2. The molecule has 0 saturated heterocycles.